The van der Waals surface area contributed by atoms with Gasteiger partial charge < -0.3 is 25.4 Å². The van der Waals surface area contributed by atoms with Crippen molar-refractivity contribution in [3.8, 4) is 11.1 Å². The Morgan fingerprint density at radius 2 is 1.54 bits per heavy atom. The number of benzene rings is 4. The van der Waals surface area contributed by atoms with E-state index in [-0.39, 0.29) is 24.9 Å². The van der Waals surface area contributed by atoms with Gasteiger partial charge in [0.25, 0.3) is 0 Å². The molecule has 41 heavy (non-hydrogen) atoms. The van der Waals surface area contributed by atoms with Gasteiger partial charge in [-0.3, -0.25) is 4.90 Å². The van der Waals surface area contributed by atoms with Crippen molar-refractivity contribution in [3.63, 3.8) is 0 Å². The maximum atomic E-state index is 11.0. The number of nitrogens with zero attached hydrogens (tertiary/aromatic N) is 1. The molecule has 1 aliphatic rings. The SMILES string of the molecule is C[C@H]([C@@H](O)c1ccccc1)N(C)C[C@@H]1C[C@H](c2ccc(CO)cc2)O[C@H](c2cccc(-c3cccc(CN)c3)c2)O1. The quantitative estimate of drug-likeness (QED) is 0.227. The third-order valence-electron chi connectivity index (χ3n) is 8.05. The van der Waals surface area contributed by atoms with E-state index in [1.807, 2.05) is 92.8 Å². The third-order valence-corrected chi connectivity index (χ3v) is 8.05. The summed E-state index contributed by atoms with van der Waals surface area (Å²) in [5.41, 5.74) is 12.9. The Hall–Kier alpha value is -3.36. The summed E-state index contributed by atoms with van der Waals surface area (Å²) in [6.45, 7) is 3.17. The fourth-order valence-electron chi connectivity index (χ4n) is 5.43. The first-order valence-electron chi connectivity index (χ1n) is 14.3. The van der Waals surface area contributed by atoms with Crippen molar-refractivity contribution in [2.75, 3.05) is 13.6 Å². The van der Waals surface area contributed by atoms with Gasteiger partial charge >= 0.3 is 0 Å². The molecule has 0 aliphatic carbocycles. The zero-order valence-corrected chi connectivity index (χ0v) is 23.8. The molecule has 1 heterocycles. The number of aliphatic hydroxyl groups is 2. The van der Waals surface area contributed by atoms with Crippen LogP contribution in [0.25, 0.3) is 11.1 Å². The lowest BCUT2D eigenvalue weighted by molar-refractivity contribution is -0.253. The van der Waals surface area contributed by atoms with E-state index in [1.165, 1.54) is 0 Å². The second-order valence-corrected chi connectivity index (χ2v) is 10.9. The first-order valence-corrected chi connectivity index (χ1v) is 14.3. The van der Waals surface area contributed by atoms with Gasteiger partial charge in [0.1, 0.15) is 0 Å². The summed E-state index contributed by atoms with van der Waals surface area (Å²) in [5.74, 6) is 0. The summed E-state index contributed by atoms with van der Waals surface area (Å²) in [6.07, 6.45) is -0.809. The fraction of sp³-hybridized carbons (Fsp3) is 0.314. The monoisotopic (exact) mass is 552 g/mol. The largest absolute Gasteiger partial charge is 0.392 e. The van der Waals surface area contributed by atoms with Crippen LogP contribution >= 0.6 is 0 Å². The minimum atomic E-state index is -0.611. The molecule has 0 amide bonds. The summed E-state index contributed by atoms with van der Waals surface area (Å²) < 4.78 is 13.2. The molecule has 214 valence electrons. The van der Waals surface area contributed by atoms with Crippen molar-refractivity contribution >= 4 is 0 Å². The molecular weight excluding hydrogens is 512 g/mol. The normalized spacial score (nSPS) is 20.6. The molecule has 0 spiro atoms. The zero-order chi connectivity index (χ0) is 28.8. The lowest BCUT2D eigenvalue weighted by atomic mass is 9.97. The number of likely N-dealkylation sites (N-methyl/N-ethyl adjacent to an activating group) is 1. The molecule has 4 N–H and O–H groups in total. The maximum Gasteiger partial charge on any atom is 0.184 e. The number of hydrogen-bond acceptors (Lipinski definition) is 6. The van der Waals surface area contributed by atoms with Crippen LogP contribution in [0.5, 0.6) is 0 Å². The Balaban J connectivity index is 1.39. The van der Waals surface area contributed by atoms with Crippen LogP contribution in [0.1, 0.15) is 59.7 Å². The van der Waals surface area contributed by atoms with Gasteiger partial charge in [0, 0.05) is 31.1 Å². The maximum absolute atomic E-state index is 11.0. The van der Waals surface area contributed by atoms with Crippen LogP contribution in [0, 0.1) is 0 Å². The van der Waals surface area contributed by atoms with Gasteiger partial charge in [-0.05, 0) is 59.5 Å². The predicted molar refractivity (Wildman–Crippen MR) is 162 cm³/mol. The second kappa shape index (κ2) is 13.5. The van der Waals surface area contributed by atoms with E-state index in [0.29, 0.717) is 19.5 Å². The van der Waals surface area contributed by atoms with Gasteiger partial charge in [-0.1, -0.05) is 91.0 Å². The van der Waals surface area contributed by atoms with Gasteiger partial charge in [0.05, 0.1) is 24.9 Å². The fourth-order valence-corrected chi connectivity index (χ4v) is 5.43. The lowest BCUT2D eigenvalue weighted by Gasteiger charge is -2.39. The molecule has 1 saturated heterocycles. The molecule has 0 radical (unpaired) electrons. The molecule has 0 saturated carbocycles. The molecule has 0 aromatic heterocycles. The minimum Gasteiger partial charge on any atom is -0.392 e. The van der Waals surface area contributed by atoms with Crippen LogP contribution in [0.4, 0.5) is 0 Å². The number of aliphatic hydroxyl groups excluding tert-OH is 2. The highest BCUT2D eigenvalue weighted by atomic mass is 16.7. The van der Waals surface area contributed by atoms with E-state index in [4.69, 9.17) is 15.2 Å². The topological polar surface area (TPSA) is 88.2 Å². The Labute approximate surface area is 243 Å². The van der Waals surface area contributed by atoms with Crippen molar-refractivity contribution in [1.29, 1.82) is 0 Å². The lowest BCUT2D eigenvalue weighted by Crippen LogP contribution is -2.43. The van der Waals surface area contributed by atoms with Crippen molar-refractivity contribution < 1.29 is 19.7 Å². The Kier molecular flexibility index (Phi) is 9.62. The smallest absolute Gasteiger partial charge is 0.184 e. The van der Waals surface area contributed by atoms with Crippen LogP contribution in [-0.4, -0.2) is 40.9 Å². The van der Waals surface area contributed by atoms with E-state index < -0.39 is 12.4 Å². The third kappa shape index (κ3) is 7.11. The Morgan fingerprint density at radius 1 is 0.829 bits per heavy atom. The molecule has 1 aliphatic heterocycles. The summed E-state index contributed by atoms with van der Waals surface area (Å²) in [5, 5.41) is 20.6. The number of hydrogen-bond donors (Lipinski definition) is 3. The highest BCUT2D eigenvalue weighted by Crippen LogP contribution is 2.39. The van der Waals surface area contributed by atoms with Gasteiger partial charge in [-0.15, -0.1) is 0 Å². The van der Waals surface area contributed by atoms with Crippen LogP contribution < -0.4 is 5.73 Å². The molecule has 4 aromatic rings. The molecule has 5 rings (SSSR count). The Bertz CT molecular complexity index is 1390. The van der Waals surface area contributed by atoms with Crippen molar-refractivity contribution in [3.05, 3.63) is 131 Å². The molecule has 6 nitrogen and oxygen atoms in total. The molecular formula is C35H40N2O4. The van der Waals surface area contributed by atoms with Crippen LogP contribution in [0.3, 0.4) is 0 Å². The summed E-state index contributed by atoms with van der Waals surface area (Å²) in [6, 6.07) is 34.1. The van der Waals surface area contributed by atoms with E-state index in [2.05, 4.69) is 29.2 Å². The highest BCUT2D eigenvalue weighted by Gasteiger charge is 2.34. The standard InChI is InChI=1S/C35H40N2O4/c1-24(34(39)28-9-4-3-5-10-28)37(2)22-32-20-33(27-16-14-25(23-38)15-17-27)41-35(40-32)31-13-7-12-30(19-31)29-11-6-8-26(18-29)21-36/h3-19,24,32-35,38-39H,20-23,36H2,1-2H3/t24-,32+,33-,34-,35-/m1/s1. The van der Waals surface area contributed by atoms with Crippen molar-refractivity contribution in [2.24, 2.45) is 5.73 Å². The number of ether oxygens (including phenoxy) is 2. The van der Waals surface area contributed by atoms with E-state index in [0.717, 1.165) is 38.9 Å². The van der Waals surface area contributed by atoms with Crippen LogP contribution in [-0.2, 0) is 22.6 Å². The highest BCUT2D eigenvalue weighted by molar-refractivity contribution is 5.65. The molecule has 1 fully saturated rings. The molecule has 6 heteroatoms. The van der Waals surface area contributed by atoms with Crippen LogP contribution in [0.15, 0.2) is 103 Å². The van der Waals surface area contributed by atoms with Crippen LogP contribution in [0.2, 0.25) is 0 Å². The molecule has 4 aromatic carbocycles. The van der Waals surface area contributed by atoms with E-state index in [9.17, 15) is 10.2 Å². The molecule has 5 atom stereocenters. The van der Waals surface area contributed by atoms with Crippen molar-refractivity contribution in [1.82, 2.24) is 4.90 Å². The Morgan fingerprint density at radius 3 is 2.24 bits per heavy atom. The predicted octanol–water partition coefficient (Wildman–Crippen LogP) is 5.90. The first-order chi connectivity index (χ1) is 19.9. The van der Waals surface area contributed by atoms with E-state index in [1.54, 1.807) is 0 Å². The number of nitrogens with two attached hydrogens (primary N) is 1. The summed E-state index contributed by atoms with van der Waals surface area (Å²) in [4.78, 5) is 2.16. The number of rotatable bonds is 10. The van der Waals surface area contributed by atoms with Gasteiger partial charge in [-0.25, -0.2) is 0 Å². The van der Waals surface area contributed by atoms with Gasteiger partial charge in [0.15, 0.2) is 6.29 Å². The minimum absolute atomic E-state index is 0.00470. The average Bonchev–Trinajstić information content (AvgIpc) is 3.04. The second-order valence-electron chi connectivity index (χ2n) is 10.9. The van der Waals surface area contributed by atoms with Crippen molar-refractivity contribution in [2.45, 2.75) is 57.1 Å². The average molecular weight is 553 g/mol. The van der Waals surface area contributed by atoms with Gasteiger partial charge in [-0.2, -0.15) is 0 Å². The first kappa shape index (κ1) is 29.1. The zero-order valence-electron chi connectivity index (χ0n) is 23.8. The summed E-state index contributed by atoms with van der Waals surface area (Å²) in [7, 11) is 2.03. The molecule has 0 unspecified atom stereocenters. The van der Waals surface area contributed by atoms with E-state index >= 15 is 0 Å². The molecule has 0 bridgehead atoms. The summed E-state index contributed by atoms with van der Waals surface area (Å²) >= 11 is 0. The van der Waals surface area contributed by atoms with Gasteiger partial charge in [0.2, 0.25) is 0 Å².